The smallest absolute Gasteiger partial charge is 0.331 e. The van der Waals surface area contributed by atoms with E-state index in [9.17, 15) is 0 Å². The zero-order valence-electron chi connectivity index (χ0n) is 9.59. The van der Waals surface area contributed by atoms with Crippen LogP contribution in [0.2, 0.25) is 13.1 Å². The lowest BCUT2D eigenvalue weighted by Crippen LogP contribution is -2.33. The highest BCUT2D eigenvalue weighted by Gasteiger charge is 2.21. The summed E-state index contributed by atoms with van der Waals surface area (Å²) in [5, 5.41) is 0. The maximum absolute atomic E-state index is 5.66. The summed E-state index contributed by atoms with van der Waals surface area (Å²) in [6, 6.07) is 0. The fourth-order valence-electron chi connectivity index (χ4n) is 0.907. The molecular weight excluding hydrogens is 182 g/mol. The fourth-order valence-corrected chi connectivity index (χ4v) is 1.66. The Hall–Kier alpha value is 0.0969. The second-order valence-electron chi connectivity index (χ2n) is 3.96. The van der Waals surface area contributed by atoms with Crippen molar-refractivity contribution in [1.82, 2.24) is 4.90 Å². The van der Waals surface area contributed by atoms with Crippen LogP contribution in [0.1, 0.15) is 12.8 Å². The molecule has 0 aromatic heterocycles. The van der Waals surface area contributed by atoms with Crippen LogP contribution < -0.4 is 0 Å². The molecule has 3 nitrogen and oxygen atoms in total. The molecule has 0 N–H and O–H groups in total. The second kappa shape index (κ2) is 6.54. The highest BCUT2D eigenvalue weighted by atomic mass is 28.4. The van der Waals surface area contributed by atoms with Gasteiger partial charge in [-0.25, -0.2) is 0 Å². The van der Waals surface area contributed by atoms with E-state index in [0.717, 1.165) is 19.6 Å². The molecule has 0 spiro atoms. The van der Waals surface area contributed by atoms with Crippen molar-refractivity contribution in [3.05, 3.63) is 0 Å². The molecule has 0 heterocycles. The third kappa shape index (κ3) is 8.43. The Kier molecular flexibility index (Phi) is 6.58. The Labute approximate surface area is 83.3 Å². The molecule has 0 radical (unpaired) electrons. The number of rotatable bonds is 7. The number of nitrogens with zero attached hydrogens (tertiary/aromatic N) is 1. The highest BCUT2D eigenvalue weighted by Crippen LogP contribution is 2.05. The van der Waals surface area contributed by atoms with Crippen molar-refractivity contribution < 1.29 is 8.85 Å². The number of hydrogen-bond donors (Lipinski definition) is 0. The van der Waals surface area contributed by atoms with E-state index in [2.05, 4.69) is 32.1 Å². The van der Waals surface area contributed by atoms with E-state index >= 15 is 0 Å². The lowest BCUT2D eigenvalue weighted by Gasteiger charge is -2.20. The van der Waals surface area contributed by atoms with E-state index in [0.29, 0.717) is 0 Å². The summed E-state index contributed by atoms with van der Waals surface area (Å²) in [5.41, 5.74) is 0. The molecule has 0 unspecified atom stereocenters. The summed E-state index contributed by atoms with van der Waals surface area (Å²) in [6.07, 6.45) is 2.32. The van der Waals surface area contributed by atoms with Gasteiger partial charge < -0.3 is 13.8 Å². The maximum atomic E-state index is 5.66. The average Bonchev–Trinajstić information content (AvgIpc) is 2.03. The van der Waals surface area contributed by atoms with Gasteiger partial charge >= 0.3 is 8.56 Å². The SMILES string of the molecule is CO[Si](C)(C)OCCCCN(C)C. The Morgan fingerprint density at radius 1 is 1.15 bits per heavy atom. The van der Waals surface area contributed by atoms with Crippen LogP contribution in [0.3, 0.4) is 0 Å². The predicted octanol–water partition coefficient (Wildman–Crippen LogP) is 1.69. The highest BCUT2D eigenvalue weighted by molar-refractivity contribution is 6.64. The molecule has 0 bridgehead atoms. The molecule has 0 aliphatic rings. The van der Waals surface area contributed by atoms with E-state index in [1.165, 1.54) is 6.42 Å². The molecule has 0 aliphatic heterocycles. The van der Waals surface area contributed by atoms with Crippen LogP contribution in [0.4, 0.5) is 0 Å². The summed E-state index contributed by atoms with van der Waals surface area (Å²) >= 11 is 0. The molecule has 4 heteroatoms. The van der Waals surface area contributed by atoms with Crippen molar-refractivity contribution in [3.63, 3.8) is 0 Å². The van der Waals surface area contributed by atoms with Gasteiger partial charge in [0.05, 0.1) is 0 Å². The van der Waals surface area contributed by atoms with E-state index in [1.54, 1.807) is 7.11 Å². The van der Waals surface area contributed by atoms with Gasteiger partial charge in [0, 0.05) is 13.7 Å². The summed E-state index contributed by atoms with van der Waals surface area (Å²) in [7, 11) is 4.14. The zero-order valence-corrected chi connectivity index (χ0v) is 10.6. The molecule has 0 aromatic carbocycles. The standard InChI is InChI=1S/C9H23NO2Si/c1-10(2)8-6-7-9-12-13(4,5)11-3/h6-9H2,1-5H3. The maximum Gasteiger partial charge on any atom is 0.331 e. The van der Waals surface area contributed by atoms with Crippen LogP contribution in [-0.4, -0.2) is 47.8 Å². The molecule has 13 heavy (non-hydrogen) atoms. The van der Waals surface area contributed by atoms with E-state index < -0.39 is 8.56 Å². The van der Waals surface area contributed by atoms with E-state index in [1.807, 2.05) is 0 Å². The monoisotopic (exact) mass is 205 g/mol. The van der Waals surface area contributed by atoms with Gasteiger partial charge in [-0.05, 0) is 46.6 Å². The lowest BCUT2D eigenvalue weighted by atomic mass is 10.3. The average molecular weight is 205 g/mol. The van der Waals surface area contributed by atoms with Gasteiger partial charge in [0.25, 0.3) is 0 Å². The fraction of sp³-hybridized carbons (Fsp3) is 1.00. The zero-order chi connectivity index (χ0) is 10.3. The predicted molar refractivity (Wildman–Crippen MR) is 58.2 cm³/mol. The Balaban J connectivity index is 3.26. The number of hydrogen-bond acceptors (Lipinski definition) is 3. The van der Waals surface area contributed by atoms with Gasteiger partial charge in [0.1, 0.15) is 0 Å². The first kappa shape index (κ1) is 13.1. The Morgan fingerprint density at radius 3 is 2.23 bits per heavy atom. The first-order valence-corrected chi connectivity index (χ1v) is 7.63. The molecule has 0 amide bonds. The minimum Gasteiger partial charge on any atom is -0.398 e. The Morgan fingerprint density at radius 2 is 1.77 bits per heavy atom. The summed E-state index contributed by atoms with van der Waals surface area (Å²) < 4.78 is 10.9. The summed E-state index contributed by atoms with van der Waals surface area (Å²) in [5.74, 6) is 0. The van der Waals surface area contributed by atoms with Gasteiger partial charge in [-0.3, -0.25) is 0 Å². The molecule has 80 valence electrons. The van der Waals surface area contributed by atoms with Gasteiger partial charge in [-0.1, -0.05) is 0 Å². The second-order valence-corrected chi connectivity index (χ2v) is 7.46. The first-order chi connectivity index (χ1) is 5.98. The molecule has 0 atom stereocenters. The van der Waals surface area contributed by atoms with Crippen LogP contribution in [0.5, 0.6) is 0 Å². The molecule has 0 rings (SSSR count). The summed E-state index contributed by atoms with van der Waals surface area (Å²) in [4.78, 5) is 2.19. The van der Waals surface area contributed by atoms with E-state index in [-0.39, 0.29) is 0 Å². The van der Waals surface area contributed by atoms with Crippen LogP contribution in [-0.2, 0) is 8.85 Å². The third-order valence-electron chi connectivity index (χ3n) is 1.94. The van der Waals surface area contributed by atoms with Gasteiger partial charge in [-0.2, -0.15) is 0 Å². The van der Waals surface area contributed by atoms with Crippen molar-refractivity contribution in [1.29, 1.82) is 0 Å². The minimum atomic E-state index is -1.77. The van der Waals surface area contributed by atoms with Gasteiger partial charge in [0.15, 0.2) is 0 Å². The van der Waals surface area contributed by atoms with Gasteiger partial charge in [-0.15, -0.1) is 0 Å². The van der Waals surface area contributed by atoms with Crippen molar-refractivity contribution in [2.45, 2.75) is 25.9 Å². The lowest BCUT2D eigenvalue weighted by molar-refractivity contribution is 0.204. The number of unbranched alkanes of at least 4 members (excludes halogenated alkanes) is 1. The van der Waals surface area contributed by atoms with Crippen LogP contribution in [0.15, 0.2) is 0 Å². The van der Waals surface area contributed by atoms with Crippen molar-refractivity contribution in [2.24, 2.45) is 0 Å². The molecular formula is C9H23NO2Si. The van der Waals surface area contributed by atoms with E-state index in [4.69, 9.17) is 8.85 Å². The topological polar surface area (TPSA) is 21.7 Å². The molecule has 0 aliphatic carbocycles. The van der Waals surface area contributed by atoms with Crippen LogP contribution >= 0.6 is 0 Å². The van der Waals surface area contributed by atoms with Gasteiger partial charge in [0.2, 0.25) is 0 Å². The normalized spacial score (nSPS) is 12.5. The van der Waals surface area contributed by atoms with Crippen LogP contribution in [0.25, 0.3) is 0 Å². The minimum absolute atomic E-state index is 0.834. The largest absolute Gasteiger partial charge is 0.398 e. The summed E-state index contributed by atoms with van der Waals surface area (Å²) in [6.45, 7) is 6.11. The van der Waals surface area contributed by atoms with Crippen molar-refractivity contribution in [3.8, 4) is 0 Å². The molecule has 0 fully saturated rings. The van der Waals surface area contributed by atoms with Crippen molar-refractivity contribution >= 4 is 8.56 Å². The Bertz CT molecular complexity index is 129. The van der Waals surface area contributed by atoms with Crippen molar-refractivity contribution in [2.75, 3.05) is 34.4 Å². The first-order valence-electron chi connectivity index (χ1n) is 4.82. The van der Waals surface area contributed by atoms with Crippen LogP contribution in [0, 0.1) is 0 Å². The molecule has 0 aromatic rings. The molecule has 0 saturated carbocycles. The molecule has 0 saturated heterocycles. The quantitative estimate of drug-likeness (QED) is 0.466. The third-order valence-corrected chi connectivity index (χ3v) is 3.82.